The number of carbonyl (C=O) groups is 1. The van der Waals surface area contributed by atoms with Crippen molar-refractivity contribution >= 4 is 5.97 Å². The third-order valence-corrected chi connectivity index (χ3v) is 9.02. The Bertz CT molecular complexity index is 582. The molecule has 2 saturated carbocycles. The van der Waals surface area contributed by atoms with E-state index in [0.717, 1.165) is 56.8 Å². The molecular weight excluding hydrogens is 404 g/mol. The highest BCUT2D eigenvalue weighted by atomic mass is 16.5. The second-order valence-electron chi connectivity index (χ2n) is 11.0. The van der Waals surface area contributed by atoms with Gasteiger partial charge in [-0.1, -0.05) is 6.92 Å². The van der Waals surface area contributed by atoms with Crippen LogP contribution in [0, 0.1) is 23.7 Å². The van der Waals surface area contributed by atoms with Gasteiger partial charge in [0.2, 0.25) is 0 Å². The summed E-state index contributed by atoms with van der Waals surface area (Å²) in [7, 11) is 1.85. The van der Waals surface area contributed by atoms with E-state index in [4.69, 9.17) is 4.74 Å². The lowest BCUT2D eigenvalue weighted by atomic mass is 9.78. The number of aliphatic carboxylic acids is 1. The summed E-state index contributed by atoms with van der Waals surface area (Å²) in [4.78, 5) is 13.8. The molecule has 0 amide bonds. The first-order chi connectivity index (χ1) is 15.5. The molecule has 7 nitrogen and oxygen atoms in total. The summed E-state index contributed by atoms with van der Waals surface area (Å²) in [5, 5.41) is 20.8. The lowest BCUT2D eigenvalue weighted by Crippen LogP contribution is -2.63. The third-order valence-electron chi connectivity index (χ3n) is 9.02. The van der Waals surface area contributed by atoms with Crippen molar-refractivity contribution in [1.82, 2.24) is 20.9 Å². The van der Waals surface area contributed by atoms with Crippen LogP contribution in [0.4, 0.5) is 0 Å². The summed E-state index contributed by atoms with van der Waals surface area (Å²) in [5.41, 5.74) is 0. The van der Waals surface area contributed by atoms with E-state index < -0.39 is 5.97 Å². The lowest BCUT2D eigenvalue weighted by Gasteiger charge is -2.40. The molecule has 0 aromatic rings. The molecule has 4 N–H and O–H groups in total. The van der Waals surface area contributed by atoms with Gasteiger partial charge in [-0.05, 0) is 101 Å². The van der Waals surface area contributed by atoms with Crippen LogP contribution < -0.4 is 16.0 Å². The average Bonchev–Trinajstić information content (AvgIpc) is 3.20. The Hall–Kier alpha value is -0.730. The Morgan fingerprint density at radius 2 is 1.69 bits per heavy atom. The maximum atomic E-state index is 11.6. The van der Waals surface area contributed by atoms with Crippen molar-refractivity contribution in [2.75, 3.05) is 33.3 Å². The quantitative estimate of drug-likeness (QED) is 0.452. The maximum Gasteiger partial charge on any atom is 0.321 e. The minimum Gasteiger partial charge on any atom is -0.480 e. The van der Waals surface area contributed by atoms with Gasteiger partial charge >= 0.3 is 5.97 Å². The Balaban J connectivity index is 1.10. The van der Waals surface area contributed by atoms with E-state index in [-0.39, 0.29) is 18.2 Å². The van der Waals surface area contributed by atoms with Gasteiger partial charge in [-0.2, -0.15) is 0 Å². The summed E-state index contributed by atoms with van der Waals surface area (Å²) in [6, 6.07) is 0.318. The molecule has 0 spiro atoms. The van der Waals surface area contributed by atoms with Crippen LogP contribution in [0.5, 0.6) is 0 Å². The molecule has 184 valence electrons. The van der Waals surface area contributed by atoms with Crippen LogP contribution in [0.3, 0.4) is 0 Å². The topological polar surface area (TPSA) is 85.9 Å². The minimum absolute atomic E-state index is 0.241. The Morgan fingerprint density at radius 3 is 2.31 bits per heavy atom. The molecule has 4 fully saturated rings. The summed E-state index contributed by atoms with van der Waals surface area (Å²) in [6.45, 7) is 6.20. The van der Waals surface area contributed by atoms with Crippen molar-refractivity contribution in [1.29, 1.82) is 0 Å². The highest BCUT2D eigenvalue weighted by Crippen LogP contribution is 2.32. The van der Waals surface area contributed by atoms with E-state index in [1.807, 2.05) is 7.11 Å². The monoisotopic (exact) mass is 450 g/mol. The number of nitrogens with zero attached hydrogens (tertiary/aromatic N) is 1. The molecule has 32 heavy (non-hydrogen) atoms. The van der Waals surface area contributed by atoms with E-state index in [0.29, 0.717) is 12.1 Å². The zero-order valence-corrected chi connectivity index (χ0v) is 20.2. The zero-order chi connectivity index (χ0) is 22.5. The van der Waals surface area contributed by atoms with Gasteiger partial charge in [-0.25, -0.2) is 0 Å². The van der Waals surface area contributed by atoms with Crippen molar-refractivity contribution in [2.24, 2.45) is 23.7 Å². The van der Waals surface area contributed by atoms with Crippen LogP contribution in [-0.2, 0) is 9.53 Å². The fourth-order valence-electron chi connectivity index (χ4n) is 6.81. The fraction of sp³-hybridized carbons (Fsp3) is 0.960. The standard InChI is InChI=1S/C25H46N4O3/c1-17-11-13-29(23(17)24(30)31)14-12-18-3-7-21(8-4-18)28-25-26-15-20(16-27-25)19-5-9-22(32-2)10-6-19/h17-23,25-28H,3-16H2,1-2H3,(H,30,31)/t17-,18?,19?,20?,21?,22?,23-,25?/m0/s1. The molecule has 0 bridgehead atoms. The maximum absolute atomic E-state index is 11.6. The van der Waals surface area contributed by atoms with Crippen LogP contribution in [0.25, 0.3) is 0 Å². The Morgan fingerprint density at radius 1 is 1.00 bits per heavy atom. The lowest BCUT2D eigenvalue weighted by molar-refractivity contribution is -0.143. The van der Waals surface area contributed by atoms with Crippen LogP contribution in [-0.4, -0.2) is 73.7 Å². The van der Waals surface area contributed by atoms with Gasteiger partial charge < -0.3 is 9.84 Å². The molecule has 0 unspecified atom stereocenters. The van der Waals surface area contributed by atoms with E-state index in [1.165, 1.54) is 51.4 Å². The highest BCUT2D eigenvalue weighted by molar-refractivity contribution is 5.74. The number of likely N-dealkylation sites (tertiary alicyclic amines) is 1. The van der Waals surface area contributed by atoms with Gasteiger partial charge in [-0.15, -0.1) is 0 Å². The van der Waals surface area contributed by atoms with Crippen LogP contribution >= 0.6 is 0 Å². The first-order valence-electron chi connectivity index (χ1n) is 13.3. The Kier molecular flexibility index (Phi) is 8.85. The summed E-state index contributed by atoms with van der Waals surface area (Å²) in [5.74, 6) is 1.96. The third kappa shape index (κ3) is 6.23. The van der Waals surface area contributed by atoms with Gasteiger partial charge in [0.25, 0.3) is 0 Å². The van der Waals surface area contributed by atoms with Gasteiger partial charge in [0.1, 0.15) is 12.3 Å². The summed E-state index contributed by atoms with van der Waals surface area (Å²) < 4.78 is 5.53. The number of carboxylic acids is 1. The first-order valence-corrected chi connectivity index (χ1v) is 13.3. The smallest absolute Gasteiger partial charge is 0.321 e. The van der Waals surface area contributed by atoms with Crippen LogP contribution in [0.1, 0.15) is 71.1 Å². The van der Waals surface area contributed by atoms with Crippen molar-refractivity contribution in [3.05, 3.63) is 0 Å². The van der Waals surface area contributed by atoms with Crippen LogP contribution in [0.2, 0.25) is 0 Å². The van der Waals surface area contributed by atoms with Crippen molar-refractivity contribution < 1.29 is 14.6 Å². The molecule has 7 heteroatoms. The predicted molar refractivity (Wildman–Crippen MR) is 126 cm³/mol. The molecule has 0 aromatic carbocycles. The van der Waals surface area contributed by atoms with E-state index in [9.17, 15) is 9.90 Å². The second-order valence-corrected chi connectivity index (χ2v) is 11.0. The molecule has 4 aliphatic rings. The summed E-state index contributed by atoms with van der Waals surface area (Å²) in [6.07, 6.45) is 12.9. The summed E-state index contributed by atoms with van der Waals surface area (Å²) >= 11 is 0. The Labute approximate surface area is 194 Å². The second kappa shape index (κ2) is 11.6. The molecule has 2 aliphatic heterocycles. The SMILES string of the molecule is COC1CCC(C2CNC(NC3CCC(CCN4CC[C@H](C)[C@H]4C(=O)O)CC3)NC2)CC1. The van der Waals surface area contributed by atoms with Gasteiger partial charge in [0, 0.05) is 26.2 Å². The molecule has 4 rings (SSSR count). The van der Waals surface area contributed by atoms with Crippen molar-refractivity contribution in [3.8, 4) is 0 Å². The molecule has 2 atom stereocenters. The largest absolute Gasteiger partial charge is 0.480 e. The highest BCUT2D eigenvalue weighted by Gasteiger charge is 2.37. The predicted octanol–water partition coefficient (Wildman–Crippen LogP) is 2.62. The number of hydrogen-bond donors (Lipinski definition) is 4. The van der Waals surface area contributed by atoms with Crippen molar-refractivity contribution in [3.63, 3.8) is 0 Å². The number of rotatable bonds is 8. The molecule has 2 heterocycles. The molecule has 2 saturated heterocycles. The number of hydrogen-bond acceptors (Lipinski definition) is 6. The first kappa shape index (κ1) is 24.4. The van der Waals surface area contributed by atoms with E-state index >= 15 is 0 Å². The molecule has 0 radical (unpaired) electrons. The van der Waals surface area contributed by atoms with E-state index in [1.54, 1.807) is 0 Å². The van der Waals surface area contributed by atoms with Gasteiger partial charge in [-0.3, -0.25) is 25.6 Å². The average molecular weight is 451 g/mol. The normalized spacial score (nSPS) is 41.6. The van der Waals surface area contributed by atoms with Crippen LogP contribution in [0.15, 0.2) is 0 Å². The molecule has 0 aromatic heterocycles. The van der Waals surface area contributed by atoms with Crippen molar-refractivity contribution in [2.45, 2.75) is 95.6 Å². The number of methoxy groups -OCH3 is 1. The number of nitrogens with one attached hydrogen (secondary N) is 3. The number of ether oxygens (including phenoxy) is 1. The molecular formula is C25H46N4O3. The fourth-order valence-corrected chi connectivity index (χ4v) is 6.81. The number of carboxylic acid groups (broad SMARTS) is 1. The van der Waals surface area contributed by atoms with Gasteiger partial charge in [0.15, 0.2) is 0 Å². The van der Waals surface area contributed by atoms with Gasteiger partial charge in [0.05, 0.1) is 6.10 Å². The minimum atomic E-state index is -0.639. The zero-order valence-electron chi connectivity index (χ0n) is 20.2. The molecule has 2 aliphatic carbocycles. The van der Waals surface area contributed by atoms with E-state index in [2.05, 4.69) is 27.8 Å².